The Labute approximate surface area is 227 Å². The number of rotatable bonds is 6. The number of carboxylic acids is 1. The molecule has 5 rings (SSSR count). The summed E-state index contributed by atoms with van der Waals surface area (Å²) in [5.74, 6) is -0.0991. The van der Waals surface area contributed by atoms with E-state index >= 15 is 0 Å². The fraction of sp³-hybridized carbons (Fsp3) is 0.154. The maximum Gasteiger partial charge on any atom is 1.00 e. The van der Waals surface area contributed by atoms with Crippen LogP contribution < -0.4 is 39.4 Å². The molecular formula is C26H19FNNaO3S2. The molecule has 1 unspecified atom stereocenters. The van der Waals surface area contributed by atoms with Crippen LogP contribution in [0.1, 0.15) is 38.9 Å². The number of thiazole rings is 1. The summed E-state index contributed by atoms with van der Waals surface area (Å²) in [6.45, 7) is 0.470. The van der Waals surface area contributed by atoms with Crippen LogP contribution in [0.2, 0.25) is 0 Å². The van der Waals surface area contributed by atoms with E-state index in [4.69, 9.17) is 4.74 Å². The Morgan fingerprint density at radius 2 is 2.00 bits per heavy atom. The van der Waals surface area contributed by atoms with Crippen molar-refractivity contribution >= 4 is 51.4 Å². The largest absolute Gasteiger partial charge is 1.00 e. The molecule has 4 nitrogen and oxygen atoms in total. The van der Waals surface area contributed by atoms with Crippen LogP contribution in [0.15, 0.2) is 60.7 Å². The zero-order valence-electron chi connectivity index (χ0n) is 18.5. The smallest absolute Gasteiger partial charge is 0.550 e. The third-order valence-electron chi connectivity index (χ3n) is 5.41. The van der Waals surface area contributed by atoms with Gasteiger partial charge in [-0.2, -0.15) is 0 Å². The van der Waals surface area contributed by atoms with Crippen molar-refractivity contribution in [3.63, 3.8) is 0 Å². The first-order valence-electron chi connectivity index (χ1n) is 10.5. The Bertz CT molecular complexity index is 1370. The molecule has 0 saturated carbocycles. The third kappa shape index (κ3) is 5.56. The summed E-state index contributed by atoms with van der Waals surface area (Å²) in [7, 11) is 0. The van der Waals surface area contributed by atoms with Crippen molar-refractivity contribution in [2.75, 3.05) is 5.75 Å². The molecule has 1 aliphatic heterocycles. The average Bonchev–Trinajstić information content (AvgIpc) is 3.14. The number of benzene rings is 3. The van der Waals surface area contributed by atoms with Crippen LogP contribution in [-0.4, -0.2) is 16.7 Å². The second-order valence-corrected chi connectivity index (χ2v) is 9.93. The van der Waals surface area contributed by atoms with Crippen LogP contribution >= 0.6 is 23.1 Å². The van der Waals surface area contributed by atoms with Gasteiger partial charge in [-0.25, -0.2) is 9.37 Å². The van der Waals surface area contributed by atoms with Crippen LogP contribution in [0.5, 0.6) is 5.75 Å². The number of fused-ring (bicyclic) bond motifs is 3. The first-order valence-corrected chi connectivity index (χ1v) is 12.3. The molecule has 0 N–H and O–H groups in total. The fourth-order valence-corrected chi connectivity index (χ4v) is 5.99. The molecule has 4 aromatic rings. The number of nitrogens with zero attached hydrogens (tertiary/aromatic N) is 1. The molecule has 166 valence electrons. The SMILES string of the molecule is O=C([O-])CCSC1c2ccccc2COc2ccc(C=Cc3nc4cc(F)ccc4s3)cc21.[Na+]. The summed E-state index contributed by atoms with van der Waals surface area (Å²) >= 11 is 3.09. The number of hydrogen-bond acceptors (Lipinski definition) is 6. The van der Waals surface area contributed by atoms with Crippen LogP contribution in [0.3, 0.4) is 0 Å². The van der Waals surface area contributed by atoms with Crippen molar-refractivity contribution in [1.29, 1.82) is 0 Å². The van der Waals surface area contributed by atoms with Crippen molar-refractivity contribution in [1.82, 2.24) is 4.98 Å². The quantitative estimate of drug-likeness (QED) is 0.382. The number of aliphatic carboxylic acids is 1. The van der Waals surface area contributed by atoms with Gasteiger partial charge in [0.1, 0.15) is 23.2 Å². The van der Waals surface area contributed by atoms with Crippen molar-refractivity contribution in [3.8, 4) is 5.75 Å². The molecule has 1 atom stereocenters. The fourth-order valence-electron chi connectivity index (χ4n) is 3.85. The molecule has 0 spiro atoms. The number of halogens is 1. The van der Waals surface area contributed by atoms with Crippen LogP contribution in [0, 0.1) is 5.82 Å². The molecule has 2 heterocycles. The number of hydrogen-bond donors (Lipinski definition) is 0. The van der Waals surface area contributed by atoms with Gasteiger partial charge in [-0.3, -0.25) is 0 Å². The van der Waals surface area contributed by atoms with Gasteiger partial charge in [0.15, 0.2) is 0 Å². The van der Waals surface area contributed by atoms with Gasteiger partial charge in [0.05, 0.1) is 15.5 Å². The first-order chi connectivity index (χ1) is 16.1. The molecule has 3 aromatic carbocycles. The number of thioether (sulfide) groups is 1. The van der Waals surface area contributed by atoms with Gasteiger partial charge in [-0.1, -0.05) is 36.4 Å². The minimum atomic E-state index is -1.05. The monoisotopic (exact) mass is 499 g/mol. The third-order valence-corrected chi connectivity index (χ3v) is 7.69. The number of ether oxygens (including phenoxy) is 1. The van der Waals surface area contributed by atoms with Gasteiger partial charge in [-0.05, 0) is 59.2 Å². The summed E-state index contributed by atoms with van der Waals surface area (Å²) in [6.07, 6.45) is 3.90. The Morgan fingerprint density at radius 1 is 1.15 bits per heavy atom. The average molecular weight is 500 g/mol. The van der Waals surface area contributed by atoms with E-state index in [-0.39, 0.29) is 47.0 Å². The molecule has 1 aliphatic rings. The molecular weight excluding hydrogens is 480 g/mol. The van der Waals surface area contributed by atoms with Gasteiger partial charge < -0.3 is 14.6 Å². The normalized spacial score (nSPS) is 14.7. The zero-order valence-corrected chi connectivity index (χ0v) is 22.1. The first kappa shape index (κ1) is 24.9. The van der Waals surface area contributed by atoms with Gasteiger partial charge in [-0.15, -0.1) is 23.1 Å². The number of carbonyl (C=O) groups is 1. The second-order valence-electron chi connectivity index (χ2n) is 7.66. The minimum Gasteiger partial charge on any atom is -0.550 e. The van der Waals surface area contributed by atoms with Gasteiger partial charge >= 0.3 is 29.6 Å². The Kier molecular flexibility index (Phi) is 8.11. The van der Waals surface area contributed by atoms with E-state index in [0.717, 1.165) is 37.7 Å². The molecule has 0 amide bonds. The molecule has 0 aliphatic carbocycles. The standard InChI is InChI=1S/C26H20FNO3S2.Na/c27-18-7-9-23-21(14-18)28-24(33-23)10-6-16-5-8-22-20(13-16)26(32-12-11-25(29)30)19-4-2-1-3-17(19)15-31-22;/h1-10,13-14,26H,11-12,15H2,(H,29,30);/q;+1/p-1. The minimum absolute atomic E-state index is 0. The Hall–Kier alpha value is -2.16. The van der Waals surface area contributed by atoms with Crippen LogP contribution in [0.4, 0.5) is 4.39 Å². The van der Waals surface area contributed by atoms with Gasteiger partial charge in [0, 0.05) is 17.6 Å². The van der Waals surface area contributed by atoms with E-state index in [1.807, 2.05) is 42.5 Å². The maximum atomic E-state index is 13.5. The van der Waals surface area contributed by atoms with Crippen LogP contribution in [0.25, 0.3) is 22.4 Å². The zero-order chi connectivity index (χ0) is 22.8. The number of carbonyl (C=O) groups excluding carboxylic acids is 1. The van der Waals surface area contributed by atoms with Crippen molar-refractivity contribution in [2.24, 2.45) is 0 Å². The molecule has 0 saturated heterocycles. The summed E-state index contributed by atoms with van der Waals surface area (Å²) in [6, 6.07) is 18.8. The molecule has 0 radical (unpaired) electrons. The summed E-state index contributed by atoms with van der Waals surface area (Å²) in [5.41, 5.74) is 4.87. The van der Waals surface area contributed by atoms with E-state index in [1.165, 1.54) is 23.5 Å². The van der Waals surface area contributed by atoms with E-state index in [2.05, 4.69) is 17.1 Å². The summed E-state index contributed by atoms with van der Waals surface area (Å²) in [5, 5.41) is 11.7. The number of aromatic nitrogens is 1. The predicted molar refractivity (Wildman–Crippen MR) is 130 cm³/mol. The van der Waals surface area contributed by atoms with E-state index < -0.39 is 5.97 Å². The van der Waals surface area contributed by atoms with Gasteiger partial charge in [0.25, 0.3) is 0 Å². The predicted octanol–water partition coefficient (Wildman–Crippen LogP) is 2.46. The Balaban J connectivity index is 0.00000274. The molecule has 0 fully saturated rings. The van der Waals surface area contributed by atoms with E-state index in [9.17, 15) is 14.3 Å². The molecule has 1 aromatic heterocycles. The van der Waals surface area contributed by atoms with Crippen LogP contribution in [-0.2, 0) is 11.4 Å². The summed E-state index contributed by atoms with van der Waals surface area (Å²) in [4.78, 5) is 15.5. The van der Waals surface area contributed by atoms with Crippen molar-refractivity contribution in [2.45, 2.75) is 18.3 Å². The maximum absolute atomic E-state index is 13.5. The Morgan fingerprint density at radius 3 is 2.85 bits per heavy atom. The van der Waals surface area contributed by atoms with Crippen molar-refractivity contribution < 1.29 is 48.6 Å². The van der Waals surface area contributed by atoms with E-state index in [1.54, 1.807) is 17.8 Å². The van der Waals surface area contributed by atoms with Gasteiger partial charge in [0.2, 0.25) is 0 Å². The second kappa shape index (κ2) is 11.1. The topological polar surface area (TPSA) is 62.2 Å². The molecule has 0 bridgehead atoms. The number of carboxylic acid groups (broad SMARTS) is 1. The van der Waals surface area contributed by atoms with E-state index in [0.29, 0.717) is 17.9 Å². The molecule has 34 heavy (non-hydrogen) atoms. The van der Waals surface area contributed by atoms with Crippen molar-refractivity contribution in [3.05, 3.63) is 93.7 Å². The molecule has 8 heteroatoms. The summed E-state index contributed by atoms with van der Waals surface area (Å²) < 4.78 is 20.5.